The fourth-order valence-electron chi connectivity index (χ4n) is 0.800. The van der Waals surface area contributed by atoms with Crippen molar-refractivity contribution in [2.75, 3.05) is 5.32 Å². The van der Waals surface area contributed by atoms with Crippen LogP contribution < -0.4 is 5.32 Å². The third kappa shape index (κ3) is 2.51. The van der Waals surface area contributed by atoms with Crippen LogP contribution in [-0.4, -0.2) is 22.0 Å². The van der Waals surface area contributed by atoms with Gasteiger partial charge in [0.2, 0.25) is 5.91 Å². The summed E-state index contributed by atoms with van der Waals surface area (Å²) in [5.41, 5.74) is 0.381. The average molecular weight is 203 g/mol. The molecule has 2 N–H and O–H groups in total. The van der Waals surface area contributed by atoms with E-state index in [1.807, 2.05) is 0 Å². The third-order valence-corrected chi connectivity index (χ3v) is 1.92. The van der Waals surface area contributed by atoms with Gasteiger partial charge in [0.15, 0.2) is 0 Å². The van der Waals surface area contributed by atoms with E-state index in [9.17, 15) is 13.6 Å². The first kappa shape index (κ1) is 10.6. The summed E-state index contributed by atoms with van der Waals surface area (Å²) < 4.78 is 25.4. The predicted molar refractivity (Wildman–Crippen MR) is 47.0 cm³/mol. The van der Waals surface area contributed by atoms with Crippen LogP contribution in [0.5, 0.6) is 0 Å². The highest BCUT2D eigenvalue weighted by Gasteiger charge is 2.35. The van der Waals surface area contributed by atoms with Crippen molar-refractivity contribution in [2.24, 2.45) is 5.92 Å². The fourth-order valence-corrected chi connectivity index (χ4v) is 0.800. The molecule has 0 aliphatic heterocycles. The van der Waals surface area contributed by atoms with Crippen molar-refractivity contribution < 1.29 is 13.6 Å². The Bertz CT molecular complexity index is 305. The summed E-state index contributed by atoms with van der Waals surface area (Å²) in [5.74, 6) is -5.11. The number of nitrogens with zero attached hydrogens (tertiary/aromatic N) is 1. The van der Waals surface area contributed by atoms with Crippen LogP contribution in [0.3, 0.4) is 0 Å². The van der Waals surface area contributed by atoms with Gasteiger partial charge in [0.1, 0.15) is 0 Å². The van der Waals surface area contributed by atoms with Crippen molar-refractivity contribution in [3.05, 3.63) is 12.4 Å². The second kappa shape index (κ2) is 3.73. The second-order valence-corrected chi connectivity index (χ2v) is 3.15. The fraction of sp³-hybridized carbons (Fsp3) is 0.500. The molecule has 0 saturated heterocycles. The highest BCUT2D eigenvalue weighted by molar-refractivity contribution is 5.92. The number of alkyl halides is 2. The number of halogens is 2. The Hall–Kier alpha value is -1.46. The zero-order chi connectivity index (χ0) is 10.8. The number of carbonyl (C=O) groups excluding carboxylic acids is 1. The summed E-state index contributed by atoms with van der Waals surface area (Å²) in [7, 11) is 0. The molecule has 0 spiro atoms. The molecule has 78 valence electrons. The van der Waals surface area contributed by atoms with Gasteiger partial charge in [0.05, 0.1) is 17.8 Å². The van der Waals surface area contributed by atoms with Gasteiger partial charge in [-0.15, -0.1) is 0 Å². The van der Waals surface area contributed by atoms with Gasteiger partial charge >= 0.3 is 0 Å². The molecule has 0 fully saturated rings. The van der Waals surface area contributed by atoms with Gasteiger partial charge in [-0.2, -0.15) is 5.10 Å². The van der Waals surface area contributed by atoms with E-state index < -0.39 is 17.7 Å². The van der Waals surface area contributed by atoms with Crippen LogP contribution in [0.1, 0.15) is 13.8 Å². The molecule has 0 bridgehead atoms. The number of nitrogens with one attached hydrogen (secondary N) is 2. The number of aromatic amines is 1. The predicted octanol–water partition coefficient (Wildman–Crippen LogP) is 1.64. The number of aromatic nitrogens is 2. The maximum Gasteiger partial charge on any atom is 0.256 e. The van der Waals surface area contributed by atoms with Crippen LogP contribution in [0, 0.1) is 5.92 Å². The SMILES string of the molecule is CC(C(=O)Nc1cn[nH]c1)C(C)(F)F. The molecule has 6 heteroatoms. The Morgan fingerprint density at radius 2 is 2.36 bits per heavy atom. The Kier molecular flexibility index (Phi) is 2.83. The minimum Gasteiger partial charge on any atom is -0.323 e. The number of anilines is 1. The van der Waals surface area contributed by atoms with E-state index in [0.717, 1.165) is 0 Å². The van der Waals surface area contributed by atoms with E-state index in [1.165, 1.54) is 19.3 Å². The van der Waals surface area contributed by atoms with Crippen LogP contribution in [0.15, 0.2) is 12.4 Å². The average Bonchev–Trinajstić information content (AvgIpc) is 2.53. The molecule has 1 atom stereocenters. The number of hydrogen-bond acceptors (Lipinski definition) is 2. The molecule has 14 heavy (non-hydrogen) atoms. The van der Waals surface area contributed by atoms with Gasteiger partial charge in [0.25, 0.3) is 5.92 Å². The van der Waals surface area contributed by atoms with E-state index in [4.69, 9.17) is 0 Å². The Morgan fingerprint density at radius 3 is 2.79 bits per heavy atom. The molecule has 0 radical (unpaired) electrons. The topological polar surface area (TPSA) is 57.8 Å². The van der Waals surface area contributed by atoms with Gasteiger partial charge in [-0.25, -0.2) is 8.78 Å². The molecule has 1 aromatic rings. The normalized spacial score (nSPS) is 13.7. The molecule has 1 rings (SSSR count). The molecule has 0 saturated carbocycles. The smallest absolute Gasteiger partial charge is 0.256 e. The lowest BCUT2D eigenvalue weighted by atomic mass is 10.0. The third-order valence-electron chi connectivity index (χ3n) is 1.92. The molecular weight excluding hydrogens is 192 g/mol. The van der Waals surface area contributed by atoms with Crippen molar-refractivity contribution in [2.45, 2.75) is 19.8 Å². The largest absolute Gasteiger partial charge is 0.323 e. The standard InChI is InChI=1S/C8H11F2N3O/c1-5(8(2,9)10)7(14)13-6-3-11-12-4-6/h3-5H,1-2H3,(H,11,12)(H,13,14). The molecule has 1 heterocycles. The molecule has 0 aromatic carbocycles. The molecule has 1 unspecified atom stereocenters. The van der Waals surface area contributed by atoms with Gasteiger partial charge in [0, 0.05) is 13.1 Å². The van der Waals surface area contributed by atoms with Crippen LogP contribution in [0.4, 0.5) is 14.5 Å². The van der Waals surface area contributed by atoms with Gasteiger partial charge < -0.3 is 5.32 Å². The van der Waals surface area contributed by atoms with Crippen molar-refractivity contribution in [3.8, 4) is 0 Å². The summed E-state index contributed by atoms with van der Waals surface area (Å²) in [4.78, 5) is 11.2. The van der Waals surface area contributed by atoms with Crippen molar-refractivity contribution >= 4 is 11.6 Å². The monoisotopic (exact) mass is 203 g/mol. The Morgan fingerprint density at radius 1 is 1.71 bits per heavy atom. The van der Waals surface area contributed by atoms with Crippen LogP contribution >= 0.6 is 0 Å². The Balaban J connectivity index is 2.59. The summed E-state index contributed by atoms with van der Waals surface area (Å²) in [6.07, 6.45) is 2.76. The second-order valence-electron chi connectivity index (χ2n) is 3.15. The molecule has 1 amide bonds. The first-order chi connectivity index (χ1) is 6.41. The summed E-state index contributed by atoms with van der Waals surface area (Å²) >= 11 is 0. The number of carbonyl (C=O) groups is 1. The maximum absolute atomic E-state index is 12.7. The molecule has 0 aliphatic carbocycles. The van der Waals surface area contributed by atoms with E-state index in [0.29, 0.717) is 12.6 Å². The molecule has 4 nitrogen and oxygen atoms in total. The van der Waals surface area contributed by atoms with E-state index in [-0.39, 0.29) is 0 Å². The summed E-state index contributed by atoms with van der Waals surface area (Å²) in [5, 5.41) is 8.35. The zero-order valence-electron chi connectivity index (χ0n) is 7.84. The first-order valence-corrected chi connectivity index (χ1v) is 4.08. The lowest BCUT2D eigenvalue weighted by Gasteiger charge is -2.17. The minimum absolute atomic E-state index is 0.381. The highest BCUT2D eigenvalue weighted by Crippen LogP contribution is 2.24. The summed E-state index contributed by atoms with van der Waals surface area (Å²) in [6, 6.07) is 0. The number of amides is 1. The molecular formula is C8H11F2N3O. The van der Waals surface area contributed by atoms with Crippen LogP contribution in [0.2, 0.25) is 0 Å². The zero-order valence-corrected chi connectivity index (χ0v) is 7.84. The van der Waals surface area contributed by atoms with E-state index >= 15 is 0 Å². The van der Waals surface area contributed by atoms with E-state index in [1.54, 1.807) is 0 Å². The lowest BCUT2D eigenvalue weighted by Crippen LogP contribution is -2.33. The molecule has 1 aromatic heterocycles. The number of rotatable bonds is 3. The lowest BCUT2D eigenvalue weighted by molar-refractivity contribution is -0.130. The number of hydrogen-bond donors (Lipinski definition) is 2. The van der Waals surface area contributed by atoms with Crippen molar-refractivity contribution in [1.82, 2.24) is 10.2 Å². The van der Waals surface area contributed by atoms with Gasteiger partial charge in [-0.3, -0.25) is 9.89 Å². The highest BCUT2D eigenvalue weighted by atomic mass is 19.3. The summed E-state index contributed by atoms with van der Waals surface area (Å²) in [6.45, 7) is 1.89. The van der Waals surface area contributed by atoms with Crippen molar-refractivity contribution in [1.29, 1.82) is 0 Å². The first-order valence-electron chi connectivity index (χ1n) is 4.08. The van der Waals surface area contributed by atoms with Crippen LogP contribution in [-0.2, 0) is 4.79 Å². The molecule has 0 aliphatic rings. The maximum atomic E-state index is 12.7. The van der Waals surface area contributed by atoms with Gasteiger partial charge in [-0.05, 0) is 6.92 Å². The van der Waals surface area contributed by atoms with E-state index in [2.05, 4.69) is 15.5 Å². The van der Waals surface area contributed by atoms with Crippen LogP contribution in [0.25, 0.3) is 0 Å². The minimum atomic E-state index is -3.02. The number of H-pyrrole nitrogens is 1. The van der Waals surface area contributed by atoms with Gasteiger partial charge in [-0.1, -0.05) is 0 Å². The van der Waals surface area contributed by atoms with Crippen molar-refractivity contribution in [3.63, 3.8) is 0 Å². The Labute approximate surface area is 79.7 Å². The quantitative estimate of drug-likeness (QED) is 0.784.